The molecule has 0 bridgehead atoms. The highest BCUT2D eigenvalue weighted by Gasteiger charge is 2.15. The van der Waals surface area contributed by atoms with E-state index in [9.17, 15) is 14.0 Å². The summed E-state index contributed by atoms with van der Waals surface area (Å²) in [5.74, 6) is -0.842. The van der Waals surface area contributed by atoms with Gasteiger partial charge in [-0.15, -0.1) is 5.10 Å². The summed E-state index contributed by atoms with van der Waals surface area (Å²) in [6.45, 7) is 1.39. The molecule has 1 atom stereocenters. The molecule has 0 fully saturated rings. The SMILES string of the molecule is C[C@H](NC(=O)Cn1nnc2ccccc2c1=O)c1ccccc1F. The van der Waals surface area contributed by atoms with Crippen LogP contribution in [0.2, 0.25) is 0 Å². The maximum absolute atomic E-state index is 13.7. The maximum Gasteiger partial charge on any atom is 0.278 e. The van der Waals surface area contributed by atoms with E-state index < -0.39 is 23.3 Å². The van der Waals surface area contributed by atoms with E-state index in [1.54, 1.807) is 49.4 Å². The van der Waals surface area contributed by atoms with Crippen LogP contribution in [0, 0.1) is 5.82 Å². The van der Waals surface area contributed by atoms with Crippen molar-refractivity contribution in [3.63, 3.8) is 0 Å². The van der Waals surface area contributed by atoms with Gasteiger partial charge in [-0.1, -0.05) is 35.5 Å². The average molecular weight is 326 g/mol. The van der Waals surface area contributed by atoms with Gasteiger partial charge in [0.1, 0.15) is 17.9 Å². The van der Waals surface area contributed by atoms with Crippen molar-refractivity contribution in [3.8, 4) is 0 Å². The fraction of sp³-hybridized carbons (Fsp3) is 0.176. The molecule has 0 unspecified atom stereocenters. The molecule has 7 heteroatoms. The van der Waals surface area contributed by atoms with Gasteiger partial charge in [-0.3, -0.25) is 9.59 Å². The molecule has 3 aromatic rings. The van der Waals surface area contributed by atoms with Gasteiger partial charge < -0.3 is 5.32 Å². The van der Waals surface area contributed by atoms with Crippen LogP contribution in [0.4, 0.5) is 4.39 Å². The lowest BCUT2D eigenvalue weighted by Crippen LogP contribution is -2.35. The molecule has 3 rings (SSSR count). The number of hydrogen-bond acceptors (Lipinski definition) is 4. The molecule has 6 nitrogen and oxygen atoms in total. The summed E-state index contributed by atoms with van der Waals surface area (Å²) in [7, 11) is 0. The Balaban J connectivity index is 1.77. The number of fused-ring (bicyclic) bond motifs is 1. The van der Waals surface area contributed by atoms with Gasteiger partial charge >= 0.3 is 0 Å². The van der Waals surface area contributed by atoms with E-state index >= 15 is 0 Å². The standard InChI is InChI=1S/C17H15FN4O2/c1-11(12-6-2-4-8-14(12)18)19-16(23)10-22-17(24)13-7-3-5-9-15(13)20-21-22/h2-9,11H,10H2,1H3,(H,19,23)/t11-/m0/s1. The van der Waals surface area contributed by atoms with Crippen molar-refractivity contribution < 1.29 is 9.18 Å². The molecule has 1 heterocycles. The first-order valence-electron chi connectivity index (χ1n) is 7.42. The van der Waals surface area contributed by atoms with Crippen molar-refractivity contribution in [3.05, 3.63) is 70.3 Å². The summed E-state index contributed by atoms with van der Waals surface area (Å²) in [6, 6.07) is 12.5. The van der Waals surface area contributed by atoms with Crippen molar-refractivity contribution >= 4 is 16.8 Å². The summed E-state index contributed by atoms with van der Waals surface area (Å²) in [4.78, 5) is 24.4. The molecule has 2 aromatic carbocycles. The van der Waals surface area contributed by atoms with Crippen LogP contribution in [-0.4, -0.2) is 20.9 Å². The van der Waals surface area contributed by atoms with Crippen LogP contribution in [0.5, 0.6) is 0 Å². The molecule has 0 saturated heterocycles. The van der Waals surface area contributed by atoms with Gasteiger partial charge in [-0.05, 0) is 25.1 Å². The summed E-state index contributed by atoms with van der Waals surface area (Å²) in [5, 5.41) is 10.7. The Morgan fingerprint density at radius 2 is 1.92 bits per heavy atom. The fourth-order valence-electron chi connectivity index (χ4n) is 2.45. The number of hydrogen-bond donors (Lipinski definition) is 1. The van der Waals surface area contributed by atoms with E-state index in [4.69, 9.17) is 0 Å². The molecule has 0 aliphatic carbocycles. The van der Waals surface area contributed by atoms with Crippen LogP contribution < -0.4 is 10.9 Å². The van der Waals surface area contributed by atoms with E-state index in [0.29, 0.717) is 16.5 Å². The number of rotatable bonds is 4. The number of amides is 1. The van der Waals surface area contributed by atoms with Gasteiger partial charge in [-0.25, -0.2) is 9.07 Å². The normalized spacial score (nSPS) is 12.1. The van der Waals surface area contributed by atoms with E-state index in [-0.39, 0.29) is 6.54 Å². The molecule has 1 amide bonds. The zero-order chi connectivity index (χ0) is 17.1. The predicted octanol–water partition coefficient (Wildman–Crippen LogP) is 1.81. The molecule has 0 saturated carbocycles. The Labute approximate surface area is 136 Å². The first kappa shape index (κ1) is 15.8. The molecule has 0 radical (unpaired) electrons. The lowest BCUT2D eigenvalue weighted by Gasteiger charge is -2.15. The minimum atomic E-state index is -0.525. The van der Waals surface area contributed by atoms with Crippen molar-refractivity contribution in [2.75, 3.05) is 0 Å². The summed E-state index contributed by atoms with van der Waals surface area (Å²) in [6.07, 6.45) is 0. The van der Waals surface area contributed by atoms with Gasteiger partial charge in [0.2, 0.25) is 5.91 Å². The fourth-order valence-corrected chi connectivity index (χ4v) is 2.45. The van der Waals surface area contributed by atoms with Gasteiger partial charge in [0, 0.05) is 5.56 Å². The highest BCUT2D eigenvalue weighted by molar-refractivity contribution is 5.78. The number of nitrogens with zero attached hydrogens (tertiary/aromatic N) is 3. The van der Waals surface area contributed by atoms with Crippen LogP contribution in [-0.2, 0) is 11.3 Å². The minimum Gasteiger partial charge on any atom is -0.348 e. The predicted molar refractivity (Wildman–Crippen MR) is 86.8 cm³/mol. The van der Waals surface area contributed by atoms with Crippen molar-refractivity contribution in [2.24, 2.45) is 0 Å². The zero-order valence-corrected chi connectivity index (χ0v) is 12.9. The van der Waals surface area contributed by atoms with Crippen molar-refractivity contribution in [2.45, 2.75) is 19.5 Å². The first-order valence-corrected chi connectivity index (χ1v) is 7.42. The highest BCUT2D eigenvalue weighted by atomic mass is 19.1. The largest absolute Gasteiger partial charge is 0.348 e. The van der Waals surface area contributed by atoms with E-state index in [0.717, 1.165) is 4.68 Å². The molecule has 122 valence electrons. The smallest absolute Gasteiger partial charge is 0.278 e. The molecule has 0 aliphatic rings. The Hall–Kier alpha value is -3.09. The number of aromatic nitrogens is 3. The second kappa shape index (κ2) is 6.57. The molecular formula is C17H15FN4O2. The number of carbonyl (C=O) groups is 1. The quantitative estimate of drug-likeness (QED) is 0.793. The second-order valence-electron chi connectivity index (χ2n) is 5.38. The third-order valence-corrected chi connectivity index (χ3v) is 3.67. The molecule has 24 heavy (non-hydrogen) atoms. The number of halogens is 1. The Kier molecular flexibility index (Phi) is 4.33. The lowest BCUT2D eigenvalue weighted by atomic mass is 10.1. The third-order valence-electron chi connectivity index (χ3n) is 3.67. The minimum absolute atomic E-state index is 0.282. The van der Waals surface area contributed by atoms with Crippen molar-refractivity contribution in [1.82, 2.24) is 20.3 Å². The summed E-state index contributed by atoms with van der Waals surface area (Å²) < 4.78 is 14.7. The number of carbonyl (C=O) groups excluding carboxylic acids is 1. The lowest BCUT2D eigenvalue weighted by molar-refractivity contribution is -0.122. The number of nitrogens with one attached hydrogen (secondary N) is 1. The van der Waals surface area contributed by atoms with E-state index in [1.807, 2.05) is 0 Å². The molecular weight excluding hydrogens is 311 g/mol. The topological polar surface area (TPSA) is 76.9 Å². The third kappa shape index (κ3) is 3.15. The molecule has 0 spiro atoms. The zero-order valence-electron chi connectivity index (χ0n) is 12.9. The van der Waals surface area contributed by atoms with Gasteiger partial charge in [0.05, 0.1) is 11.4 Å². The second-order valence-corrected chi connectivity index (χ2v) is 5.38. The monoisotopic (exact) mass is 326 g/mol. The van der Waals surface area contributed by atoms with Gasteiger partial charge in [0.15, 0.2) is 0 Å². The van der Waals surface area contributed by atoms with Gasteiger partial charge in [0.25, 0.3) is 5.56 Å². The number of benzene rings is 2. The van der Waals surface area contributed by atoms with Crippen LogP contribution in [0.1, 0.15) is 18.5 Å². The summed E-state index contributed by atoms with van der Waals surface area (Å²) in [5.41, 5.74) is 0.455. The molecule has 0 aliphatic heterocycles. The highest BCUT2D eigenvalue weighted by Crippen LogP contribution is 2.15. The van der Waals surface area contributed by atoms with Crippen LogP contribution in [0.15, 0.2) is 53.3 Å². The van der Waals surface area contributed by atoms with Crippen LogP contribution in [0.25, 0.3) is 10.9 Å². The Bertz CT molecular complexity index is 954. The average Bonchev–Trinajstić information content (AvgIpc) is 2.58. The van der Waals surface area contributed by atoms with Crippen LogP contribution >= 0.6 is 0 Å². The molecule has 1 N–H and O–H groups in total. The van der Waals surface area contributed by atoms with E-state index in [1.165, 1.54) is 6.07 Å². The Morgan fingerprint density at radius 3 is 2.71 bits per heavy atom. The molecule has 1 aromatic heterocycles. The van der Waals surface area contributed by atoms with Crippen molar-refractivity contribution in [1.29, 1.82) is 0 Å². The van der Waals surface area contributed by atoms with Crippen LogP contribution in [0.3, 0.4) is 0 Å². The maximum atomic E-state index is 13.7. The summed E-state index contributed by atoms with van der Waals surface area (Å²) >= 11 is 0. The Morgan fingerprint density at radius 1 is 1.21 bits per heavy atom. The van der Waals surface area contributed by atoms with Gasteiger partial charge in [-0.2, -0.15) is 0 Å². The first-order chi connectivity index (χ1) is 11.6. The van der Waals surface area contributed by atoms with E-state index in [2.05, 4.69) is 15.6 Å².